The minimum atomic E-state index is 0.0224. The van der Waals surface area contributed by atoms with Crippen molar-refractivity contribution in [3.8, 4) is 0 Å². The molecule has 0 radical (unpaired) electrons. The number of imidazole rings is 1. The van der Waals surface area contributed by atoms with E-state index in [1.54, 1.807) is 12.5 Å². The van der Waals surface area contributed by atoms with Crippen LogP contribution in [-0.2, 0) is 6.54 Å². The van der Waals surface area contributed by atoms with Gasteiger partial charge in [0, 0.05) is 31.6 Å². The second-order valence-corrected chi connectivity index (χ2v) is 2.53. The molecular weight excluding hydrogens is 142 g/mol. The first-order valence-corrected chi connectivity index (χ1v) is 3.65. The van der Waals surface area contributed by atoms with Crippen LogP contribution >= 0.6 is 0 Å². The van der Waals surface area contributed by atoms with Crippen LogP contribution in [0.25, 0.3) is 0 Å². The number of hydrogen-bond acceptors (Lipinski definition) is 3. The van der Waals surface area contributed by atoms with Gasteiger partial charge in [0.1, 0.15) is 0 Å². The summed E-state index contributed by atoms with van der Waals surface area (Å²) in [6.07, 6.45) is 5.93. The zero-order valence-electron chi connectivity index (χ0n) is 6.35. The molecule has 0 saturated carbocycles. The van der Waals surface area contributed by atoms with Crippen LogP contribution in [0.5, 0.6) is 0 Å². The van der Waals surface area contributed by atoms with E-state index in [1.165, 1.54) is 0 Å². The molecule has 11 heavy (non-hydrogen) atoms. The average molecular weight is 155 g/mol. The minimum absolute atomic E-state index is 0.0224. The second kappa shape index (κ2) is 4.10. The van der Waals surface area contributed by atoms with Crippen LogP contribution in [0.15, 0.2) is 18.7 Å². The van der Waals surface area contributed by atoms with E-state index < -0.39 is 0 Å². The van der Waals surface area contributed by atoms with Gasteiger partial charge in [-0.1, -0.05) is 0 Å². The molecule has 4 heteroatoms. The quantitative estimate of drug-likeness (QED) is 0.621. The van der Waals surface area contributed by atoms with Crippen LogP contribution in [0.1, 0.15) is 6.42 Å². The van der Waals surface area contributed by atoms with Crippen LogP contribution in [0.4, 0.5) is 0 Å². The van der Waals surface area contributed by atoms with E-state index in [1.807, 2.05) is 10.8 Å². The number of aliphatic hydroxyl groups excluding tert-OH is 1. The topological polar surface area (TPSA) is 64.1 Å². The normalized spacial score (nSPS) is 13.3. The van der Waals surface area contributed by atoms with Crippen LogP contribution in [0, 0.1) is 0 Å². The van der Waals surface area contributed by atoms with Gasteiger partial charge < -0.3 is 15.4 Å². The molecule has 0 aliphatic carbocycles. The molecule has 0 aliphatic rings. The molecule has 1 atom stereocenters. The Morgan fingerprint density at radius 1 is 1.64 bits per heavy atom. The SMILES string of the molecule is NC(CCO)Cn1ccnc1. The van der Waals surface area contributed by atoms with Crippen LogP contribution in [-0.4, -0.2) is 27.3 Å². The predicted molar refractivity (Wildman–Crippen MR) is 41.9 cm³/mol. The van der Waals surface area contributed by atoms with Crippen molar-refractivity contribution in [1.82, 2.24) is 9.55 Å². The van der Waals surface area contributed by atoms with Gasteiger partial charge in [-0.2, -0.15) is 0 Å². The number of nitrogens with zero attached hydrogens (tertiary/aromatic N) is 2. The van der Waals surface area contributed by atoms with Gasteiger partial charge in [-0.25, -0.2) is 4.98 Å². The Bertz CT molecular complexity index is 186. The number of aromatic nitrogens is 2. The average Bonchev–Trinajstić information content (AvgIpc) is 2.40. The van der Waals surface area contributed by atoms with Crippen molar-refractivity contribution in [2.75, 3.05) is 6.61 Å². The Kier molecular flexibility index (Phi) is 3.07. The molecule has 0 spiro atoms. The number of nitrogens with two attached hydrogens (primary N) is 1. The zero-order valence-corrected chi connectivity index (χ0v) is 6.35. The van der Waals surface area contributed by atoms with E-state index >= 15 is 0 Å². The first-order valence-electron chi connectivity index (χ1n) is 3.65. The predicted octanol–water partition coefficient (Wildman–Crippen LogP) is -0.407. The first kappa shape index (κ1) is 8.23. The highest BCUT2D eigenvalue weighted by Crippen LogP contribution is 1.92. The monoisotopic (exact) mass is 155 g/mol. The maximum absolute atomic E-state index is 8.56. The molecule has 62 valence electrons. The fourth-order valence-electron chi connectivity index (χ4n) is 0.923. The summed E-state index contributed by atoms with van der Waals surface area (Å²) in [6.45, 7) is 0.871. The van der Waals surface area contributed by atoms with Gasteiger partial charge in [0.05, 0.1) is 6.33 Å². The van der Waals surface area contributed by atoms with Gasteiger partial charge >= 0.3 is 0 Å². The molecule has 3 N–H and O–H groups in total. The number of hydrogen-bond donors (Lipinski definition) is 2. The standard InChI is InChI=1S/C7H13N3O/c8-7(1-4-11)5-10-3-2-9-6-10/h2-3,6-7,11H,1,4-5,8H2. The molecule has 1 unspecified atom stereocenters. The Morgan fingerprint density at radius 3 is 3.00 bits per heavy atom. The second-order valence-electron chi connectivity index (χ2n) is 2.53. The zero-order chi connectivity index (χ0) is 8.10. The summed E-state index contributed by atoms with van der Waals surface area (Å²) in [5.41, 5.74) is 5.67. The van der Waals surface area contributed by atoms with Crippen molar-refractivity contribution in [3.05, 3.63) is 18.7 Å². The van der Waals surface area contributed by atoms with Crippen molar-refractivity contribution in [2.45, 2.75) is 19.0 Å². The lowest BCUT2D eigenvalue weighted by atomic mass is 10.2. The minimum Gasteiger partial charge on any atom is -0.396 e. The van der Waals surface area contributed by atoms with Gasteiger partial charge in [0.15, 0.2) is 0 Å². The Morgan fingerprint density at radius 2 is 2.45 bits per heavy atom. The third-order valence-electron chi connectivity index (χ3n) is 1.50. The van der Waals surface area contributed by atoms with E-state index in [9.17, 15) is 0 Å². The summed E-state index contributed by atoms with van der Waals surface area (Å²) in [4.78, 5) is 3.88. The molecule has 4 nitrogen and oxygen atoms in total. The smallest absolute Gasteiger partial charge is 0.0946 e. The fraction of sp³-hybridized carbons (Fsp3) is 0.571. The van der Waals surface area contributed by atoms with E-state index in [4.69, 9.17) is 10.8 Å². The molecule has 0 saturated heterocycles. The summed E-state index contributed by atoms with van der Waals surface area (Å²) in [7, 11) is 0. The molecule has 0 aliphatic heterocycles. The van der Waals surface area contributed by atoms with Gasteiger partial charge in [0.2, 0.25) is 0 Å². The Hall–Kier alpha value is -0.870. The van der Waals surface area contributed by atoms with E-state index in [2.05, 4.69) is 4.98 Å². The van der Waals surface area contributed by atoms with Crippen molar-refractivity contribution in [3.63, 3.8) is 0 Å². The molecule has 0 aromatic carbocycles. The molecule has 1 rings (SSSR count). The summed E-state index contributed by atoms with van der Waals surface area (Å²) >= 11 is 0. The molecule has 0 amide bonds. The molecule has 1 aromatic heterocycles. The van der Waals surface area contributed by atoms with Gasteiger partial charge in [-0.15, -0.1) is 0 Å². The number of aliphatic hydroxyl groups is 1. The highest BCUT2D eigenvalue weighted by molar-refractivity contribution is 4.76. The number of rotatable bonds is 4. The van der Waals surface area contributed by atoms with Gasteiger partial charge in [-0.05, 0) is 6.42 Å². The Balaban J connectivity index is 2.31. The highest BCUT2D eigenvalue weighted by Gasteiger charge is 2.00. The molecular formula is C7H13N3O. The largest absolute Gasteiger partial charge is 0.396 e. The first-order chi connectivity index (χ1) is 5.33. The van der Waals surface area contributed by atoms with Crippen molar-refractivity contribution >= 4 is 0 Å². The maximum Gasteiger partial charge on any atom is 0.0946 e. The summed E-state index contributed by atoms with van der Waals surface area (Å²) in [5.74, 6) is 0. The lowest BCUT2D eigenvalue weighted by Gasteiger charge is -2.09. The van der Waals surface area contributed by atoms with Crippen LogP contribution < -0.4 is 5.73 Å². The molecule has 1 aromatic rings. The van der Waals surface area contributed by atoms with Gasteiger partial charge in [-0.3, -0.25) is 0 Å². The summed E-state index contributed by atoms with van der Waals surface area (Å²) in [5, 5.41) is 8.56. The lowest BCUT2D eigenvalue weighted by molar-refractivity contribution is 0.270. The van der Waals surface area contributed by atoms with E-state index in [-0.39, 0.29) is 12.6 Å². The summed E-state index contributed by atoms with van der Waals surface area (Å²) < 4.78 is 1.90. The highest BCUT2D eigenvalue weighted by atomic mass is 16.3. The van der Waals surface area contributed by atoms with E-state index in [0.29, 0.717) is 6.42 Å². The van der Waals surface area contributed by atoms with Crippen molar-refractivity contribution in [2.24, 2.45) is 5.73 Å². The molecule has 1 heterocycles. The Labute approximate surface area is 65.7 Å². The third kappa shape index (κ3) is 2.69. The van der Waals surface area contributed by atoms with Crippen LogP contribution in [0.3, 0.4) is 0 Å². The molecule has 0 bridgehead atoms. The summed E-state index contributed by atoms with van der Waals surface area (Å²) in [6, 6.07) is 0.0224. The van der Waals surface area contributed by atoms with Crippen LogP contribution in [0.2, 0.25) is 0 Å². The van der Waals surface area contributed by atoms with Crippen molar-refractivity contribution < 1.29 is 5.11 Å². The van der Waals surface area contributed by atoms with Crippen molar-refractivity contribution in [1.29, 1.82) is 0 Å². The third-order valence-corrected chi connectivity index (χ3v) is 1.50. The lowest BCUT2D eigenvalue weighted by Crippen LogP contribution is -2.26. The molecule has 0 fully saturated rings. The fourth-order valence-corrected chi connectivity index (χ4v) is 0.923. The van der Waals surface area contributed by atoms with Gasteiger partial charge in [0.25, 0.3) is 0 Å². The maximum atomic E-state index is 8.56. The van der Waals surface area contributed by atoms with E-state index in [0.717, 1.165) is 6.54 Å².